The second kappa shape index (κ2) is 7.82. The van der Waals surface area contributed by atoms with Gasteiger partial charge in [0.15, 0.2) is 11.6 Å². The lowest BCUT2D eigenvalue weighted by Gasteiger charge is -2.27. The van der Waals surface area contributed by atoms with E-state index in [2.05, 4.69) is 0 Å². The average molecular weight is 420 g/mol. The highest BCUT2D eigenvalue weighted by atomic mass is 19.2. The van der Waals surface area contributed by atoms with Crippen molar-refractivity contribution in [3.8, 4) is 11.1 Å². The van der Waals surface area contributed by atoms with Gasteiger partial charge in [0.2, 0.25) is 0 Å². The molecule has 1 aliphatic rings. The number of hydrogen-bond donors (Lipinski definition) is 0. The molecule has 0 amide bonds. The quantitative estimate of drug-likeness (QED) is 0.315. The van der Waals surface area contributed by atoms with Gasteiger partial charge in [0.1, 0.15) is 23.3 Å². The molecule has 0 nitrogen and oxygen atoms in total. The molecule has 1 unspecified atom stereocenters. The van der Waals surface area contributed by atoms with E-state index in [4.69, 9.17) is 0 Å². The first kappa shape index (κ1) is 20.5. The summed E-state index contributed by atoms with van der Waals surface area (Å²) in [6.45, 7) is 1.77. The van der Waals surface area contributed by atoms with Gasteiger partial charge < -0.3 is 0 Å². The van der Waals surface area contributed by atoms with Crippen LogP contribution >= 0.6 is 0 Å². The Morgan fingerprint density at radius 3 is 2.03 bits per heavy atom. The molecule has 1 atom stereocenters. The zero-order valence-corrected chi connectivity index (χ0v) is 16.1. The first-order valence-electron chi connectivity index (χ1n) is 9.73. The van der Waals surface area contributed by atoms with Crippen LogP contribution in [0.25, 0.3) is 11.1 Å². The molecule has 0 bridgehead atoms. The molecule has 1 aliphatic carbocycles. The molecule has 4 rings (SSSR count). The highest BCUT2D eigenvalue weighted by molar-refractivity contribution is 5.67. The Morgan fingerprint density at radius 2 is 1.43 bits per heavy atom. The Morgan fingerprint density at radius 1 is 0.800 bits per heavy atom. The summed E-state index contributed by atoms with van der Waals surface area (Å²) in [6, 6.07) is 6.90. The van der Waals surface area contributed by atoms with Gasteiger partial charge in [-0.2, -0.15) is 0 Å². The largest absolute Gasteiger partial charge is 0.207 e. The Labute approximate surface area is 170 Å². The van der Waals surface area contributed by atoms with Gasteiger partial charge in [0, 0.05) is 5.56 Å². The van der Waals surface area contributed by atoms with Crippen LogP contribution in [0, 0.1) is 34.9 Å². The fraction of sp³-hybridized carbons (Fsp3) is 0.250. The molecule has 0 spiro atoms. The van der Waals surface area contributed by atoms with E-state index in [0.29, 0.717) is 12.0 Å². The Balaban J connectivity index is 1.78. The summed E-state index contributed by atoms with van der Waals surface area (Å²) in [5, 5.41) is 0. The van der Waals surface area contributed by atoms with Crippen molar-refractivity contribution in [2.24, 2.45) is 0 Å². The molecule has 0 radical (unpaired) electrons. The summed E-state index contributed by atoms with van der Waals surface area (Å²) in [5.74, 6) is -6.32. The van der Waals surface area contributed by atoms with E-state index in [1.165, 1.54) is 24.3 Å². The molecule has 3 aromatic rings. The number of benzene rings is 3. The summed E-state index contributed by atoms with van der Waals surface area (Å²) in [4.78, 5) is 0. The van der Waals surface area contributed by atoms with Crippen molar-refractivity contribution >= 4 is 0 Å². The van der Waals surface area contributed by atoms with Crippen LogP contribution in [0.4, 0.5) is 26.3 Å². The van der Waals surface area contributed by atoms with Crippen LogP contribution in [0.1, 0.15) is 41.5 Å². The third kappa shape index (κ3) is 3.38. The van der Waals surface area contributed by atoms with Crippen molar-refractivity contribution in [2.45, 2.75) is 38.5 Å². The summed E-state index contributed by atoms with van der Waals surface area (Å²) in [6.07, 6.45) is 0.444. The fourth-order valence-electron chi connectivity index (χ4n) is 4.24. The predicted octanol–water partition coefficient (Wildman–Crippen LogP) is 7.02. The van der Waals surface area contributed by atoms with Crippen molar-refractivity contribution < 1.29 is 26.3 Å². The van der Waals surface area contributed by atoms with Crippen LogP contribution < -0.4 is 0 Å². The second-order valence-corrected chi connectivity index (χ2v) is 7.55. The molecule has 156 valence electrons. The molecule has 30 heavy (non-hydrogen) atoms. The Kier molecular flexibility index (Phi) is 5.35. The first-order chi connectivity index (χ1) is 14.3. The molecule has 0 N–H and O–H groups in total. The molecule has 0 aromatic heterocycles. The number of aryl methyl sites for hydroxylation is 1. The van der Waals surface area contributed by atoms with Gasteiger partial charge in [0.05, 0.1) is 5.56 Å². The minimum atomic E-state index is -1.39. The van der Waals surface area contributed by atoms with Gasteiger partial charge in [-0.1, -0.05) is 19.1 Å². The molecule has 3 aromatic carbocycles. The van der Waals surface area contributed by atoms with Crippen molar-refractivity contribution in [3.05, 3.63) is 93.6 Å². The van der Waals surface area contributed by atoms with E-state index >= 15 is 4.39 Å². The van der Waals surface area contributed by atoms with Crippen molar-refractivity contribution in [1.82, 2.24) is 0 Å². The van der Waals surface area contributed by atoms with E-state index in [9.17, 15) is 22.0 Å². The molecule has 0 aliphatic heterocycles. The minimum absolute atomic E-state index is 0.00419. The summed E-state index contributed by atoms with van der Waals surface area (Å²) >= 11 is 0. The number of fused-ring (bicyclic) bond motifs is 1. The summed E-state index contributed by atoms with van der Waals surface area (Å²) < 4.78 is 87.0. The molecule has 0 fully saturated rings. The van der Waals surface area contributed by atoms with Crippen LogP contribution in [0.2, 0.25) is 0 Å². The number of hydrogen-bond acceptors (Lipinski definition) is 0. The van der Waals surface area contributed by atoms with E-state index in [1.807, 2.05) is 0 Å². The van der Waals surface area contributed by atoms with Crippen LogP contribution in [0.3, 0.4) is 0 Å². The van der Waals surface area contributed by atoms with Crippen LogP contribution in [0.15, 0.2) is 36.4 Å². The lowest BCUT2D eigenvalue weighted by molar-refractivity contribution is 0.443. The maximum absolute atomic E-state index is 15.1. The highest BCUT2D eigenvalue weighted by Gasteiger charge is 2.33. The zero-order chi connectivity index (χ0) is 21.6. The number of halogens is 6. The third-order valence-electron chi connectivity index (χ3n) is 5.81. The van der Waals surface area contributed by atoms with E-state index in [-0.39, 0.29) is 41.5 Å². The molecular formula is C24H18F6. The van der Waals surface area contributed by atoms with Gasteiger partial charge in [0.25, 0.3) is 0 Å². The fourth-order valence-corrected chi connectivity index (χ4v) is 4.24. The monoisotopic (exact) mass is 420 g/mol. The Bertz CT molecular complexity index is 1090. The topological polar surface area (TPSA) is 0 Å². The Hall–Kier alpha value is -2.76. The van der Waals surface area contributed by atoms with Crippen LogP contribution in [0.5, 0.6) is 0 Å². The maximum Gasteiger partial charge on any atom is 0.169 e. The summed E-state index contributed by atoms with van der Waals surface area (Å²) in [7, 11) is 0. The standard InChI is InChI=1S/C24H18F6/c1-2-12-9-18(26)20(19(27)10-12)14-5-8-16-17(11-14)23(29)24(30)21(22(16)28)13-3-6-15(25)7-4-13/h3-4,6-7,9-10,14H,2,5,8,11H2,1H3. The van der Waals surface area contributed by atoms with Crippen LogP contribution in [-0.4, -0.2) is 0 Å². The SMILES string of the molecule is CCc1cc(F)c(C2CCc3c(F)c(-c4ccc(F)cc4)c(F)c(F)c3C2)c(F)c1. The van der Waals surface area contributed by atoms with E-state index in [1.54, 1.807) is 6.92 Å². The van der Waals surface area contributed by atoms with E-state index in [0.717, 1.165) is 12.1 Å². The lowest BCUT2D eigenvalue weighted by Crippen LogP contribution is -2.20. The van der Waals surface area contributed by atoms with Gasteiger partial charge in [-0.05, 0) is 78.1 Å². The van der Waals surface area contributed by atoms with Gasteiger partial charge in [-0.25, -0.2) is 26.3 Å². The van der Waals surface area contributed by atoms with Crippen molar-refractivity contribution in [1.29, 1.82) is 0 Å². The van der Waals surface area contributed by atoms with Gasteiger partial charge in [-0.3, -0.25) is 0 Å². The maximum atomic E-state index is 15.1. The smallest absolute Gasteiger partial charge is 0.169 e. The third-order valence-corrected chi connectivity index (χ3v) is 5.81. The molecular weight excluding hydrogens is 402 g/mol. The van der Waals surface area contributed by atoms with Crippen molar-refractivity contribution in [3.63, 3.8) is 0 Å². The molecule has 0 saturated heterocycles. The average Bonchev–Trinajstić information content (AvgIpc) is 2.73. The highest BCUT2D eigenvalue weighted by Crippen LogP contribution is 2.41. The number of rotatable bonds is 3. The van der Waals surface area contributed by atoms with E-state index < -0.39 is 46.4 Å². The van der Waals surface area contributed by atoms with Gasteiger partial charge in [-0.15, -0.1) is 0 Å². The lowest BCUT2D eigenvalue weighted by atomic mass is 9.78. The normalized spacial score (nSPS) is 15.9. The molecule has 0 heterocycles. The zero-order valence-electron chi connectivity index (χ0n) is 16.1. The van der Waals surface area contributed by atoms with Crippen molar-refractivity contribution in [2.75, 3.05) is 0 Å². The summed E-state index contributed by atoms with van der Waals surface area (Å²) in [5.41, 5.74) is -0.435. The van der Waals surface area contributed by atoms with Crippen LogP contribution in [-0.2, 0) is 19.3 Å². The second-order valence-electron chi connectivity index (χ2n) is 7.55. The molecule has 6 heteroatoms. The first-order valence-corrected chi connectivity index (χ1v) is 9.73. The molecule has 0 saturated carbocycles. The van der Waals surface area contributed by atoms with Gasteiger partial charge >= 0.3 is 0 Å². The predicted molar refractivity (Wildman–Crippen MR) is 102 cm³/mol. The minimum Gasteiger partial charge on any atom is -0.207 e.